The summed E-state index contributed by atoms with van der Waals surface area (Å²) in [6.45, 7) is 7.87. The molecule has 0 unspecified atom stereocenters. The Morgan fingerprint density at radius 2 is 2.12 bits per heavy atom. The van der Waals surface area contributed by atoms with Crippen LogP contribution in [0.4, 0.5) is 10.1 Å². The predicted octanol–water partition coefficient (Wildman–Crippen LogP) is 2.68. The molecule has 0 saturated carbocycles. The molecule has 3 aromatic rings. The summed E-state index contributed by atoms with van der Waals surface area (Å²) in [4.78, 5) is 17.6. The minimum Gasteiger partial charge on any atom is -0.469 e. The number of aryl methyl sites for hydroxylation is 1. The Morgan fingerprint density at radius 1 is 1.36 bits per heavy atom. The summed E-state index contributed by atoms with van der Waals surface area (Å²) in [5, 5.41) is 20.7. The van der Waals surface area contributed by atoms with Gasteiger partial charge in [-0.2, -0.15) is 10.2 Å². The highest BCUT2D eigenvalue weighted by Gasteiger charge is 2.36. The third kappa shape index (κ3) is 4.86. The number of aromatic amines is 1. The number of nitrogens with zero attached hydrogens (tertiary/aromatic N) is 5. The molecular weight excluding hydrogens is 451 g/mol. The molecule has 11 heteroatoms. The van der Waals surface area contributed by atoms with E-state index in [1.165, 1.54) is 6.20 Å². The lowest BCUT2D eigenvalue weighted by atomic mass is 10.0. The summed E-state index contributed by atoms with van der Waals surface area (Å²) in [7, 11) is 0. The Bertz CT molecular complexity index is 1220. The van der Waals surface area contributed by atoms with E-state index in [1.54, 1.807) is 35.7 Å². The van der Waals surface area contributed by atoms with Crippen molar-refractivity contribution in [1.82, 2.24) is 25.0 Å². The third-order valence-electron chi connectivity index (χ3n) is 5.53. The summed E-state index contributed by atoms with van der Waals surface area (Å²) in [5.74, 6) is 0.283. The minimum atomic E-state index is -1.30. The molecule has 33 heavy (non-hydrogen) atoms. The Morgan fingerprint density at radius 3 is 2.85 bits per heavy atom. The first-order valence-corrected chi connectivity index (χ1v) is 10.9. The maximum atomic E-state index is 14.8. The highest BCUT2D eigenvalue weighted by Crippen LogP contribution is 2.31. The molecule has 0 aromatic carbocycles. The van der Waals surface area contributed by atoms with Gasteiger partial charge in [0, 0.05) is 23.5 Å². The highest BCUT2D eigenvalue weighted by atomic mass is 35.5. The first-order chi connectivity index (χ1) is 15.5. The molecule has 176 valence electrons. The number of aliphatic hydroxyl groups is 1. The van der Waals surface area contributed by atoms with Crippen LogP contribution in [0.1, 0.15) is 25.2 Å². The van der Waals surface area contributed by atoms with Crippen LogP contribution in [0.25, 0.3) is 11.1 Å². The fourth-order valence-electron chi connectivity index (χ4n) is 4.06. The fourth-order valence-corrected chi connectivity index (χ4v) is 4.27. The van der Waals surface area contributed by atoms with Crippen LogP contribution in [-0.2, 0) is 6.54 Å². The van der Waals surface area contributed by atoms with Gasteiger partial charge in [-0.25, -0.2) is 14.5 Å². The second-order valence-electron chi connectivity index (χ2n) is 8.87. The zero-order valence-electron chi connectivity index (χ0n) is 18.8. The average molecular weight is 477 g/mol. The zero-order chi connectivity index (χ0) is 23.9. The molecule has 9 nitrogen and oxygen atoms in total. The molecule has 2 N–H and O–H groups in total. The van der Waals surface area contributed by atoms with Crippen molar-refractivity contribution in [2.24, 2.45) is 0 Å². The number of pyridine rings is 1. The lowest BCUT2D eigenvalue weighted by Gasteiger charge is -2.19. The van der Waals surface area contributed by atoms with Gasteiger partial charge in [0.05, 0.1) is 42.8 Å². The van der Waals surface area contributed by atoms with Gasteiger partial charge in [0.25, 0.3) is 5.56 Å². The monoisotopic (exact) mass is 476 g/mol. The van der Waals surface area contributed by atoms with E-state index in [-0.39, 0.29) is 24.0 Å². The number of halogens is 2. The Labute approximate surface area is 195 Å². The Hall–Kier alpha value is -2.98. The lowest BCUT2D eigenvalue weighted by molar-refractivity contribution is 0.0570. The SMILES string of the molecule is Cc1nn(CC(C)(C)O)c(C)c1-c1ccnc(O[C@H]2CN(c3cn[nH]c(=O)c3Cl)C[C@@H]2F)c1. The van der Waals surface area contributed by atoms with Crippen LogP contribution in [0.15, 0.2) is 29.3 Å². The number of ether oxygens (including phenoxy) is 1. The summed E-state index contributed by atoms with van der Waals surface area (Å²) in [5.41, 5.74) is 2.39. The number of alkyl halides is 1. The molecule has 2 atom stereocenters. The van der Waals surface area contributed by atoms with Crippen LogP contribution >= 0.6 is 11.6 Å². The number of hydrogen-bond acceptors (Lipinski definition) is 7. The largest absolute Gasteiger partial charge is 0.469 e. The molecular formula is C22H26ClFN6O3. The van der Waals surface area contributed by atoms with Gasteiger partial charge in [-0.05, 0) is 39.3 Å². The van der Waals surface area contributed by atoms with Crippen molar-refractivity contribution in [2.45, 2.75) is 52.1 Å². The second-order valence-corrected chi connectivity index (χ2v) is 9.25. The third-order valence-corrected chi connectivity index (χ3v) is 5.90. The van der Waals surface area contributed by atoms with E-state index in [0.29, 0.717) is 12.2 Å². The zero-order valence-corrected chi connectivity index (χ0v) is 19.6. The summed E-state index contributed by atoms with van der Waals surface area (Å²) < 4.78 is 22.4. The summed E-state index contributed by atoms with van der Waals surface area (Å²) in [6, 6.07) is 3.59. The second kappa shape index (κ2) is 8.75. The molecule has 4 rings (SSSR count). The Kier molecular flexibility index (Phi) is 6.15. The van der Waals surface area contributed by atoms with Gasteiger partial charge in [-0.15, -0.1) is 0 Å². The van der Waals surface area contributed by atoms with Crippen LogP contribution in [0.5, 0.6) is 5.88 Å². The molecule has 3 aromatic heterocycles. The van der Waals surface area contributed by atoms with Gasteiger partial charge in [-0.1, -0.05) is 11.6 Å². The smallest absolute Gasteiger partial charge is 0.285 e. The quantitative estimate of drug-likeness (QED) is 0.563. The minimum absolute atomic E-state index is 0.0249. The number of anilines is 1. The average Bonchev–Trinajstić information content (AvgIpc) is 3.21. The van der Waals surface area contributed by atoms with E-state index < -0.39 is 23.4 Å². The first-order valence-electron chi connectivity index (χ1n) is 10.5. The maximum Gasteiger partial charge on any atom is 0.285 e. The highest BCUT2D eigenvalue weighted by molar-refractivity contribution is 6.33. The number of H-pyrrole nitrogens is 1. The van der Waals surface area contributed by atoms with E-state index in [4.69, 9.17) is 16.3 Å². The van der Waals surface area contributed by atoms with Crippen molar-refractivity contribution in [1.29, 1.82) is 0 Å². The lowest BCUT2D eigenvalue weighted by Crippen LogP contribution is -2.28. The predicted molar refractivity (Wildman–Crippen MR) is 123 cm³/mol. The van der Waals surface area contributed by atoms with Crippen LogP contribution in [0.3, 0.4) is 0 Å². The van der Waals surface area contributed by atoms with Crippen LogP contribution in [0.2, 0.25) is 5.02 Å². The van der Waals surface area contributed by atoms with Crippen LogP contribution < -0.4 is 15.2 Å². The summed E-state index contributed by atoms with van der Waals surface area (Å²) in [6.07, 6.45) is 0.912. The van der Waals surface area contributed by atoms with E-state index in [1.807, 2.05) is 19.9 Å². The van der Waals surface area contributed by atoms with Gasteiger partial charge in [0.15, 0.2) is 12.3 Å². The first kappa shape index (κ1) is 23.2. The van der Waals surface area contributed by atoms with Crippen molar-refractivity contribution in [2.75, 3.05) is 18.0 Å². The van der Waals surface area contributed by atoms with Gasteiger partial charge >= 0.3 is 0 Å². The maximum absolute atomic E-state index is 14.8. The van der Waals surface area contributed by atoms with Crippen molar-refractivity contribution >= 4 is 17.3 Å². The van der Waals surface area contributed by atoms with E-state index in [2.05, 4.69) is 20.3 Å². The molecule has 0 amide bonds. The van der Waals surface area contributed by atoms with E-state index in [9.17, 15) is 14.3 Å². The van der Waals surface area contributed by atoms with Gasteiger partial charge in [0.2, 0.25) is 5.88 Å². The van der Waals surface area contributed by atoms with Crippen molar-refractivity contribution in [3.8, 4) is 17.0 Å². The number of aromatic nitrogens is 5. The molecule has 1 aliphatic rings. The summed E-state index contributed by atoms with van der Waals surface area (Å²) >= 11 is 6.06. The van der Waals surface area contributed by atoms with Crippen molar-refractivity contribution in [3.63, 3.8) is 0 Å². The molecule has 4 heterocycles. The van der Waals surface area contributed by atoms with Crippen LogP contribution in [-0.4, -0.2) is 61.0 Å². The molecule has 1 saturated heterocycles. The standard InChI is InChI=1S/C22H26ClFN6O3/c1-12-19(13(2)30(28-12)11-22(3,4)32)14-5-6-25-18(7-14)33-17-10-29(9-15(17)24)16-8-26-27-21(31)20(16)23/h5-8,15,17,32H,9-11H2,1-4H3,(H,27,31)/t15-,17-/m0/s1. The molecule has 1 aliphatic heterocycles. The number of hydrogen-bond donors (Lipinski definition) is 2. The van der Waals surface area contributed by atoms with Gasteiger partial charge in [-0.3, -0.25) is 9.48 Å². The number of rotatable bonds is 6. The van der Waals surface area contributed by atoms with Crippen molar-refractivity contribution in [3.05, 3.63) is 51.3 Å². The molecule has 0 bridgehead atoms. The normalized spacial score (nSPS) is 18.7. The fraction of sp³-hybridized carbons (Fsp3) is 0.455. The number of nitrogens with one attached hydrogen (secondary N) is 1. The van der Waals surface area contributed by atoms with E-state index in [0.717, 1.165) is 22.5 Å². The molecule has 1 fully saturated rings. The van der Waals surface area contributed by atoms with E-state index >= 15 is 0 Å². The molecule has 0 spiro atoms. The van der Waals surface area contributed by atoms with Crippen molar-refractivity contribution < 1.29 is 14.2 Å². The van der Waals surface area contributed by atoms with Gasteiger partial charge < -0.3 is 14.7 Å². The molecule has 0 radical (unpaired) electrons. The topological polar surface area (TPSA) is 109 Å². The molecule has 0 aliphatic carbocycles. The van der Waals surface area contributed by atoms with Gasteiger partial charge in [0.1, 0.15) is 5.02 Å². The Balaban J connectivity index is 1.55. The van der Waals surface area contributed by atoms with Crippen LogP contribution in [0, 0.1) is 13.8 Å².